The van der Waals surface area contributed by atoms with Crippen molar-refractivity contribution in [2.45, 2.75) is 25.4 Å². The van der Waals surface area contributed by atoms with Crippen LogP contribution in [0.5, 0.6) is 5.75 Å². The molecule has 0 saturated carbocycles. The lowest BCUT2D eigenvalue weighted by Crippen LogP contribution is -2.45. The van der Waals surface area contributed by atoms with E-state index in [-0.39, 0.29) is 11.9 Å². The number of benzene rings is 1. The number of halogens is 1. The van der Waals surface area contributed by atoms with Gasteiger partial charge < -0.3 is 9.64 Å². The molecule has 2 aliphatic heterocycles. The van der Waals surface area contributed by atoms with Gasteiger partial charge in [-0.1, -0.05) is 11.6 Å². The minimum absolute atomic E-state index is 0.0948. The molecule has 7 heteroatoms. The van der Waals surface area contributed by atoms with E-state index in [0.717, 1.165) is 50.6 Å². The number of carbonyl (C=O) groups excluding carboxylic acids is 1. The summed E-state index contributed by atoms with van der Waals surface area (Å²) in [7, 11) is 0. The van der Waals surface area contributed by atoms with Crippen molar-refractivity contribution >= 4 is 17.5 Å². The van der Waals surface area contributed by atoms with Crippen LogP contribution in [-0.2, 0) is 11.3 Å². The van der Waals surface area contributed by atoms with Gasteiger partial charge >= 0.3 is 0 Å². The summed E-state index contributed by atoms with van der Waals surface area (Å²) in [6, 6.07) is 9.54. The Kier molecular flexibility index (Phi) is 5.13. The highest BCUT2D eigenvalue weighted by molar-refractivity contribution is 6.30. The number of hydrogen-bond donors (Lipinski definition) is 0. The third-order valence-corrected chi connectivity index (χ3v) is 5.31. The van der Waals surface area contributed by atoms with E-state index < -0.39 is 0 Å². The summed E-state index contributed by atoms with van der Waals surface area (Å²) in [6.45, 7) is 4.85. The number of fused-ring (bicyclic) bond motifs is 1. The summed E-state index contributed by atoms with van der Waals surface area (Å²) in [4.78, 5) is 16.7. The summed E-state index contributed by atoms with van der Waals surface area (Å²) in [6.07, 6.45) is 3.46. The molecule has 1 amide bonds. The molecule has 1 fully saturated rings. The van der Waals surface area contributed by atoms with Gasteiger partial charge in [0.05, 0.1) is 18.2 Å². The summed E-state index contributed by atoms with van der Waals surface area (Å²) in [5.41, 5.74) is 1.16. The van der Waals surface area contributed by atoms with Crippen molar-refractivity contribution in [3.8, 4) is 5.75 Å². The second kappa shape index (κ2) is 7.68. The molecule has 6 nitrogen and oxygen atoms in total. The zero-order valence-electron chi connectivity index (χ0n) is 14.7. The lowest BCUT2D eigenvalue weighted by molar-refractivity contribution is -0.135. The van der Waals surface area contributed by atoms with Crippen molar-refractivity contribution in [1.82, 2.24) is 19.6 Å². The first-order valence-corrected chi connectivity index (χ1v) is 9.48. The van der Waals surface area contributed by atoms with Gasteiger partial charge in [-0.2, -0.15) is 5.10 Å². The van der Waals surface area contributed by atoms with E-state index >= 15 is 0 Å². The first-order valence-electron chi connectivity index (χ1n) is 9.10. The summed E-state index contributed by atoms with van der Waals surface area (Å²) >= 11 is 5.90. The normalized spacial score (nSPS) is 19.7. The Hall–Kier alpha value is -2.05. The minimum atomic E-state index is 0.0948. The highest BCUT2D eigenvalue weighted by Gasteiger charge is 2.30. The van der Waals surface area contributed by atoms with Crippen molar-refractivity contribution in [2.75, 3.05) is 32.8 Å². The van der Waals surface area contributed by atoms with Crippen molar-refractivity contribution < 1.29 is 9.53 Å². The second-order valence-corrected chi connectivity index (χ2v) is 7.33. The number of ether oxygens (including phenoxy) is 1. The molecule has 26 heavy (non-hydrogen) atoms. The highest BCUT2D eigenvalue weighted by Crippen LogP contribution is 2.24. The van der Waals surface area contributed by atoms with Crippen LogP contribution in [0.2, 0.25) is 5.02 Å². The molecule has 1 aromatic carbocycles. The molecule has 0 bridgehead atoms. The molecule has 0 spiro atoms. The fraction of sp³-hybridized carbons (Fsp3) is 0.474. The van der Waals surface area contributed by atoms with Crippen molar-refractivity contribution in [1.29, 1.82) is 0 Å². The molecular formula is C19H23ClN4O2. The number of rotatable bonds is 6. The molecule has 2 aliphatic rings. The van der Waals surface area contributed by atoms with Gasteiger partial charge in [0.1, 0.15) is 12.4 Å². The third-order valence-electron chi connectivity index (χ3n) is 5.06. The molecule has 1 aromatic heterocycles. The number of carbonyl (C=O) groups is 1. The maximum atomic E-state index is 12.4. The molecular weight excluding hydrogens is 352 g/mol. The monoisotopic (exact) mass is 374 g/mol. The van der Waals surface area contributed by atoms with E-state index in [0.29, 0.717) is 18.1 Å². The Bertz CT molecular complexity index is 757. The van der Waals surface area contributed by atoms with Crippen LogP contribution in [0.1, 0.15) is 24.6 Å². The fourth-order valence-electron chi connectivity index (χ4n) is 3.51. The number of amides is 1. The molecule has 2 aromatic rings. The van der Waals surface area contributed by atoms with E-state index in [4.69, 9.17) is 16.3 Å². The van der Waals surface area contributed by atoms with Crippen LogP contribution in [0.25, 0.3) is 0 Å². The standard InChI is InChI=1S/C19H23ClN4O2/c20-15-2-4-18(5-3-15)26-11-10-22-13-16-6-7-21-24(16)17(14-22)12-19(25)23-8-1-9-23/h2-7,17H,1,8-14H2/t17-/m1/s1. The number of nitrogens with zero attached hydrogens (tertiary/aromatic N) is 4. The van der Waals surface area contributed by atoms with Crippen LogP contribution in [0, 0.1) is 0 Å². The topological polar surface area (TPSA) is 50.6 Å². The zero-order chi connectivity index (χ0) is 17.9. The van der Waals surface area contributed by atoms with Crippen molar-refractivity contribution in [3.05, 3.63) is 47.2 Å². The van der Waals surface area contributed by atoms with Gasteiger partial charge in [0.15, 0.2) is 0 Å². The van der Waals surface area contributed by atoms with E-state index in [1.165, 1.54) is 0 Å². The largest absolute Gasteiger partial charge is 0.492 e. The smallest absolute Gasteiger partial charge is 0.224 e. The summed E-state index contributed by atoms with van der Waals surface area (Å²) in [5, 5.41) is 5.15. The molecule has 0 unspecified atom stereocenters. The molecule has 1 atom stereocenters. The molecule has 1 saturated heterocycles. The van der Waals surface area contributed by atoms with Crippen LogP contribution in [0.15, 0.2) is 36.5 Å². The molecule has 0 radical (unpaired) electrons. The van der Waals surface area contributed by atoms with Crippen molar-refractivity contribution in [3.63, 3.8) is 0 Å². The molecule has 0 aliphatic carbocycles. The van der Waals surface area contributed by atoms with E-state index in [1.807, 2.05) is 46.1 Å². The van der Waals surface area contributed by atoms with E-state index in [9.17, 15) is 4.79 Å². The molecule has 3 heterocycles. The van der Waals surface area contributed by atoms with Gasteiger partial charge in [0, 0.05) is 43.9 Å². The SMILES string of the molecule is O=C(C[C@@H]1CN(CCOc2ccc(Cl)cc2)Cc2ccnn21)N1CCC1. The molecule has 4 rings (SSSR count). The Balaban J connectivity index is 1.34. The Morgan fingerprint density at radius 3 is 2.77 bits per heavy atom. The van der Waals surface area contributed by atoms with Crippen LogP contribution >= 0.6 is 11.6 Å². The van der Waals surface area contributed by atoms with E-state index in [2.05, 4.69) is 10.00 Å². The predicted octanol–water partition coefficient (Wildman–Crippen LogP) is 2.59. The number of likely N-dealkylation sites (tertiary alicyclic amines) is 1. The number of hydrogen-bond acceptors (Lipinski definition) is 4. The van der Waals surface area contributed by atoms with Gasteiger partial charge in [0.2, 0.25) is 5.91 Å². The van der Waals surface area contributed by atoms with Crippen LogP contribution in [0.4, 0.5) is 0 Å². The average Bonchev–Trinajstić information content (AvgIpc) is 3.04. The Morgan fingerprint density at radius 2 is 2.04 bits per heavy atom. The fourth-order valence-corrected chi connectivity index (χ4v) is 3.63. The van der Waals surface area contributed by atoms with Crippen LogP contribution in [0.3, 0.4) is 0 Å². The quantitative estimate of drug-likeness (QED) is 0.779. The first-order chi connectivity index (χ1) is 12.7. The Morgan fingerprint density at radius 1 is 1.23 bits per heavy atom. The van der Waals surface area contributed by atoms with Crippen LogP contribution < -0.4 is 4.74 Å². The maximum absolute atomic E-state index is 12.4. The summed E-state index contributed by atoms with van der Waals surface area (Å²) < 4.78 is 7.84. The van der Waals surface area contributed by atoms with Gasteiger partial charge in [-0.05, 0) is 36.8 Å². The minimum Gasteiger partial charge on any atom is -0.492 e. The summed E-state index contributed by atoms with van der Waals surface area (Å²) in [5.74, 6) is 1.06. The lowest BCUT2D eigenvalue weighted by Gasteiger charge is -2.36. The van der Waals surface area contributed by atoms with Gasteiger partial charge in [0.25, 0.3) is 0 Å². The Labute approximate surface area is 158 Å². The van der Waals surface area contributed by atoms with Gasteiger partial charge in [-0.3, -0.25) is 14.4 Å². The first kappa shape index (κ1) is 17.4. The lowest BCUT2D eigenvalue weighted by atomic mass is 10.1. The maximum Gasteiger partial charge on any atom is 0.224 e. The highest BCUT2D eigenvalue weighted by atomic mass is 35.5. The van der Waals surface area contributed by atoms with Gasteiger partial charge in [-0.25, -0.2) is 0 Å². The zero-order valence-corrected chi connectivity index (χ0v) is 15.4. The third kappa shape index (κ3) is 3.86. The predicted molar refractivity (Wildman–Crippen MR) is 99.3 cm³/mol. The van der Waals surface area contributed by atoms with Crippen molar-refractivity contribution in [2.24, 2.45) is 0 Å². The number of aromatic nitrogens is 2. The molecule has 138 valence electrons. The van der Waals surface area contributed by atoms with E-state index in [1.54, 1.807) is 0 Å². The average molecular weight is 375 g/mol. The van der Waals surface area contributed by atoms with Crippen LogP contribution in [-0.4, -0.2) is 58.3 Å². The van der Waals surface area contributed by atoms with Gasteiger partial charge in [-0.15, -0.1) is 0 Å². The molecule has 0 N–H and O–H groups in total. The second-order valence-electron chi connectivity index (χ2n) is 6.90.